The average molecular weight is 341 g/mol. The van der Waals surface area contributed by atoms with Crippen molar-refractivity contribution in [2.75, 3.05) is 6.54 Å². The zero-order chi connectivity index (χ0) is 17.1. The second-order valence-electron chi connectivity index (χ2n) is 6.90. The molecule has 1 amide bonds. The number of rotatable bonds is 1. The number of amides is 1. The summed E-state index contributed by atoms with van der Waals surface area (Å²) in [5.74, 6) is 0.270. The van der Waals surface area contributed by atoms with Crippen molar-refractivity contribution in [2.24, 2.45) is 4.99 Å². The summed E-state index contributed by atoms with van der Waals surface area (Å²) < 4.78 is 0. The van der Waals surface area contributed by atoms with Gasteiger partial charge in [0.1, 0.15) is 5.84 Å². The monoisotopic (exact) mass is 340 g/mol. The van der Waals surface area contributed by atoms with E-state index in [4.69, 9.17) is 11.6 Å². The number of aliphatic hydroxyl groups is 1. The van der Waals surface area contributed by atoms with E-state index in [-0.39, 0.29) is 5.91 Å². The minimum atomic E-state index is -1.47. The third-order valence-corrected chi connectivity index (χ3v) is 4.84. The molecule has 2 aromatic carbocycles. The minimum absolute atomic E-state index is 0.117. The topological polar surface area (TPSA) is 52.9 Å². The number of carbonyl (C=O) groups is 1. The zero-order valence-electron chi connectivity index (χ0n) is 13.5. The predicted octanol–water partition coefficient (Wildman–Crippen LogP) is 3.22. The number of nitrogens with zero attached hydrogens (tertiary/aromatic N) is 2. The highest BCUT2D eigenvalue weighted by molar-refractivity contribution is 6.30. The highest BCUT2D eigenvalue weighted by atomic mass is 35.5. The third-order valence-electron chi connectivity index (χ3n) is 4.59. The SMILES string of the molecule is CC1(C)CN2C(=O)c3ccccc3C(O)(c3ccc(Cl)cc3)C2=N1. The first-order chi connectivity index (χ1) is 11.3. The molecule has 1 unspecified atom stereocenters. The van der Waals surface area contributed by atoms with Gasteiger partial charge in [-0.05, 0) is 37.6 Å². The number of hydrogen-bond donors (Lipinski definition) is 1. The maximum absolute atomic E-state index is 12.9. The van der Waals surface area contributed by atoms with Crippen LogP contribution in [-0.2, 0) is 5.60 Å². The van der Waals surface area contributed by atoms with Gasteiger partial charge in [0.05, 0.1) is 12.1 Å². The van der Waals surface area contributed by atoms with E-state index in [1.54, 1.807) is 41.3 Å². The molecule has 0 radical (unpaired) electrons. The molecule has 4 rings (SSSR count). The van der Waals surface area contributed by atoms with Gasteiger partial charge in [-0.3, -0.25) is 14.7 Å². The van der Waals surface area contributed by atoms with Crippen LogP contribution in [-0.4, -0.2) is 33.8 Å². The Morgan fingerprint density at radius 2 is 1.79 bits per heavy atom. The summed E-state index contributed by atoms with van der Waals surface area (Å²) in [4.78, 5) is 19.1. The number of fused-ring (bicyclic) bond motifs is 2. The van der Waals surface area contributed by atoms with Crippen molar-refractivity contribution in [1.29, 1.82) is 0 Å². The molecule has 5 heteroatoms. The number of halogens is 1. The Labute approximate surface area is 145 Å². The van der Waals surface area contributed by atoms with Gasteiger partial charge in [-0.1, -0.05) is 41.9 Å². The van der Waals surface area contributed by atoms with Gasteiger partial charge < -0.3 is 5.11 Å². The van der Waals surface area contributed by atoms with Crippen molar-refractivity contribution in [2.45, 2.75) is 25.0 Å². The molecule has 0 fully saturated rings. The van der Waals surface area contributed by atoms with Gasteiger partial charge in [0.25, 0.3) is 5.91 Å². The Kier molecular flexibility index (Phi) is 3.15. The smallest absolute Gasteiger partial charge is 0.259 e. The molecule has 0 spiro atoms. The zero-order valence-corrected chi connectivity index (χ0v) is 14.2. The van der Waals surface area contributed by atoms with E-state index < -0.39 is 11.1 Å². The molecule has 2 aliphatic rings. The van der Waals surface area contributed by atoms with Crippen LogP contribution in [0.1, 0.15) is 35.3 Å². The second-order valence-corrected chi connectivity index (χ2v) is 7.34. The summed E-state index contributed by atoms with van der Waals surface area (Å²) in [6, 6.07) is 14.2. The van der Waals surface area contributed by atoms with Crippen LogP contribution in [0.15, 0.2) is 53.5 Å². The molecular weight excluding hydrogens is 324 g/mol. The first-order valence-electron chi connectivity index (χ1n) is 7.83. The lowest BCUT2D eigenvalue weighted by Gasteiger charge is -2.39. The lowest BCUT2D eigenvalue weighted by atomic mass is 9.79. The summed E-state index contributed by atoms with van der Waals surface area (Å²) in [5, 5.41) is 12.3. The molecule has 4 nitrogen and oxygen atoms in total. The van der Waals surface area contributed by atoms with Crippen molar-refractivity contribution in [3.63, 3.8) is 0 Å². The number of hydrogen-bond acceptors (Lipinski definition) is 3. The van der Waals surface area contributed by atoms with Gasteiger partial charge in [-0.25, -0.2) is 0 Å². The first-order valence-corrected chi connectivity index (χ1v) is 8.21. The number of benzene rings is 2. The van der Waals surface area contributed by atoms with Crippen LogP contribution in [0.2, 0.25) is 5.02 Å². The number of amidine groups is 1. The number of carbonyl (C=O) groups excluding carboxylic acids is 1. The summed E-state index contributed by atoms with van der Waals surface area (Å²) in [6.45, 7) is 4.36. The normalized spacial score (nSPS) is 24.4. The molecule has 0 aliphatic carbocycles. The molecule has 1 atom stereocenters. The molecule has 2 heterocycles. The molecular formula is C19H17ClN2O2. The standard InChI is InChI=1S/C19H17ClN2O2/c1-18(2)11-22-16(23)14-5-3-4-6-15(14)19(24,17(22)21-18)12-7-9-13(20)10-8-12/h3-10,24H,11H2,1-2H3. The van der Waals surface area contributed by atoms with E-state index >= 15 is 0 Å². The van der Waals surface area contributed by atoms with Crippen LogP contribution >= 0.6 is 11.6 Å². The Bertz CT molecular complexity index is 873. The fourth-order valence-corrected chi connectivity index (χ4v) is 3.64. The van der Waals surface area contributed by atoms with Gasteiger partial charge in [-0.15, -0.1) is 0 Å². The van der Waals surface area contributed by atoms with Crippen LogP contribution in [0.5, 0.6) is 0 Å². The molecule has 0 bridgehead atoms. The first kappa shape index (κ1) is 15.4. The van der Waals surface area contributed by atoms with Gasteiger partial charge in [0, 0.05) is 16.1 Å². The number of aliphatic imine (C=N–C) groups is 1. The fourth-order valence-electron chi connectivity index (χ4n) is 3.52. The van der Waals surface area contributed by atoms with E-state index in [1.807, 2.05) is 26.0 Å². The highest BCUT2D eigenvalue weighted by Crippen LogP contribution is 2.42. The Hall–Kier alpha value is -2.17. The van der Waals surface area contributed by atoms with Gasteiger partial charge in [0.15, 0.2) is 5.60 Å². The molecule has 0 saturated carbocycles. The molecule has 0 saturated heterocycles. The molecule has 1 N–H and O–H groups in total. The van der Waals surface area contributed by atoms with Gasteiger partial charge in [0.2, 0.25) is 0 Å². The van der Waals surface area contributed by atoms with Crippen molar-refractivity contribution in [3.8, 4) is 0 Å². The molecule has 24 heavy (non-hydrogen) atoms. The van der Waals surface area contributed by atoms with E-state index in [0.717, 1.165) is 0 Å². The lowest BCUT2D eigenvalue weighted by molar-refractivity contribution is 0.0747. The molecule has 2 aliphatic heterocycles. The predicted molar refractivity (Wildman–Crippen MR) is 93.4 cm³/mol. The molecule has 0 aromatic heterocycles. The second kappa shape index (κ2) is 4.91. The van der Waals surface area contributed by atoms with Crippen LogP contribution in [0.25, 0.3) is 0 Å². The van der Waals surface area contributed by atoms with Crippen molar-refractivity contribution in [3.05, 3.63) is 70.2 Å². The van der Waals surface area contributed by atoms with Crippen molar-refractivity contribution < 1.29 is 9.90 Å². The summed E-state index contributed by atoms with van der Waals surface area (Å²) in [5.41, 5.74) is -0.194. The van der Waals surface area contributed by atoms with E-state index in [9.17, 15) is 9.90 Å². The highest BCUT2D eigenvalue weighted by Gasteiger charge is 2.53. The van der Waals surface area contributed by atoms with E-state index in [0.29, 0.717) is 34.1 Å². The molecule has 2 aromatic rings. The van der Waals surface area contributed by atoms with Crippen LogP contribution in [0, 0.1) is 0 Å². The Morgan fingerprint density at radius 1 is 1.12 bits per heavy atom. The maximum Gasteiger partial charge on any atom is 0.259 e. The van der Waals surface area contributed by atoms with Gasteiger partial charge >= 0.3 is 0 Å². The minimum Gasteiger partial charge on any atom is -0.373 e. The van der Waals surface area contributed by atoms with Gasteiger partial charge in [-0.2, -0.15) is 0 Å². The summed E-state index contributed by atoms with van der Waals surface area (Å²) in [6.07, 6.45) is 0. The van der Waals surface area contributed by atoms with E-state index in [2.05, 4.69) is 4.99 Å². The molecule has 122 valence electrons. The van der Waals surface area contributed by atoms with E-state index in [1.165, 1.54) is 0 Å². The van der Waals surface area contributed by atoms with Crippen LogP contribution in [0.3, 0.4) is 0 Å². The van der Waals surface area contributed by atoms with Crippen LogP contribution in [0.4, 0.5) is 0 Å². The Balaban J connectivity index is 2.03. The average Bonchev–Trinajstić information content (AvgIpc) is 2.90. The summed E-state index contributed by atoms with van der Waals surface area (Å²) >= 11 is 6.00. The quantitative estimate of drug-likeness (QED) is 0.866. The lowest BCUT2D eigenvalue weighted by Crippen LogP contribution is -2.53. The van der Waals surface area contributed by atoms with Crippen LogP contribution < -0.4 is 0 Å². The Morgan fingerprint density at radius 3 is 2.50 bits per heavy atom. The fraction of sp³-hybridized carbons (Fsp3) is 0.263. The summed E-state index contributed by atoms with van der Waals surface area (Å²) in [7, 11) is 0. The maximum atomic E-state index is 12.9. The largest absolute Gasteiger partial charge is 0.373 e. The van der Waals surface area contributed by atoms with Crippen molar-refractivity contribution >= 4 is 23.3 Å². The van der Waals surface area contributed by atoms with Crippen molar-refractivity contribution in [1.82, 2.24) is 4.90 Å². The third kappa shape index (κ3) is 2.03.